The van der Waals surface area contributed by atoms with E-state index in [0.29, 0.717) is 0 Å². The quantitative estimate of drug-likeness (QED) is 0.504. The Kier molecular flexibility index (Phi) is 1.22. The molecule has 86 valence electrons. The van der Waals surface area contributed by atoms with E-state index in [2.05, 4.69) is 0 Å². The average Bonchev–Trinajstić information content (AvgIpc) is 2.63. The summed E-state index contributed by atoms with van der Waals surface area (Å²) in [5.74, 6) is -0.0722. The molecule has 3 aliphatic heterocycles. The molecule has 0 amide bonds. The highest BCUT2D eigenvalue weighted by molar-refractivity contribution is 6.60. The molecule has 6 rings (SSSR count). The Bertz CT molecular complexity index is 510. The molecule has 3 saturated heterocycles. The summed E-state index contributed by atoms with van der Waals surface area (Å²) in [6.45, 7) is 0. The largest absolute Gasteiger partial charge is 0.297 e. The molecule has 3 aliphatic carbocycles. The Morgan fingerprint density at radius 3 is 2.19 bits per heavy atom. The fraction of sp³-hybridized carbons (Fsp3) is 0.889. The molecule has 2 nitrogen and oxygen atoms in total. The zero-order valence-corrected chi connectivity index (χ0v) is 11.3. The van der Waals surface area contributed by atoms with Crippen LogP contribution < -0.4 is 0 Å². The molecule has 6 aliphatic rings. The molecule has 4 bridgehead atoms. The highest BCUT2D eigenvalue weighted by Gasteiger charge is 3.10. The summed E-state index contributed by atoms with van der Waals surface area (Å²) in [6, 6.07) is -0.319. The Labute approximate surface area is 116 Å². The number of nitrogens with zero attached hydrogens (tertiary/aromatic N) is 1. The number of carbonyl (C=O) groups is 1. The number of carbonyl (C=O) groups excluding carboxylic acids is 1. The minimum absolute atomic E-state index is 0.0280. The monoisotopic (exact) mass is 317 g/mol. The van der Waals surface area contributed by atoms with Crippen LogP contribution in [0.5, 0.6) is 0 Å². The fourth-order valence-electron chi connectivity index (χ4n) is 5.11. The zero-order valence-electron chi connectivity index (χ0n) is 7.55. The van der Waals surface area contributed by atoms with Crippen LogP contribution in [0.3, 0.4) is 0 Å². The number of ketones is 1. The van der Waals surface area contributed by atoms with Gasteiger partial charge in [0.1, 0.15) is 14.7 Å². The van der Waals surface area contributed by atoms with Gasteiger partial charge in [0, 0.05) is 11.8 Å². The standard InChI is InChI=1S/C9H4Cl5NO/c10-6-1-2-4-5(16)3(1)8(6,12)15(4)9(13,14)7(2,6)11/h1-4H. The van der Waals surface area contributed by atoms with Gasteiger partial charge in [0.25, 0.3) is 0 Å². The third kappa shape index (κ3) is 0.444. The molecule has 0 N–H and O–H groups in total. The Hall–Kier alpha value is 1.08. The van der Waals surface area contributed by atoms with Crippen molar-refractivity contribution in [1.29, 1.82) is 0 Å². The second-order valence-corrected chi connectivity index (χ2v) is 8.44. The van der Waals surface area contributed by atoms with Gasteiger partial charge in [0.15, 0.2) is 10.2 Å². The Morgan fingerprint density at radius 2 is 1.62 bits per heavy atom. The van der Waals surface area contributed by atoms with Gasteiger partial charge < -0.3 is 0 Å². The SMILES string of the molecule is O=C1C2C3C4C1C1(Cl)N2C(Cl)(Cl)C3(Cl)C41Cl. The fourth-order valence-corrected chi connectivity index (χ4v) is 8.47. The van der Waals surface area contributed by atoms with E-state index in [9.17, 15) is 4.79 Å². The van der Waals surface area contributed by atoms with Crippen LogP contribution in [0.25, 0.3) is 0 Å². The van der Waals surface area contributed by atoms with E-state index < -0.39 is 19.2 Å². The predicted octanol–water partition coefficient (Wildman–Crippen LogP) is 2.16. The third-order valence-corrected chi connectivity index (χ3v) is 9.15. The molecular formula is C9H4Cl5NO. The third-order valence-electron chi connectivity index (χ3n) is 5.42. The first-order valence-corrected chi connectivity index (χ1v) is 6.94. The van der Waals surface area contributed by atoms with Gasteiger partial charge in [-0.3, -0.25) is 4.79 Å². The molecule has 0 radical (unpaired) electrons. The summed E-state index contributed by atoms with van der Waals surface area (Å²) in [5.41, 5.74) is 0. The molecule has 7 atom stereocenters. The highest BCUT2D eigenvalue weighted by atomic mass is 35.5. The molecule has 0 aromatic carbocycles. The summed E-state index contributed by atoms with van der Waals surface area (Å²) in [7, 11) is 0. The Morgan fingerprint density at radius 1 is 1.00 bits per heavy atom. The predicted molar refractivity (Wildman–Crippen MR) is 61.3 cm³/mol. The van der Waals surface area contributed by atoms with Crippen molar-refractivity contribution in [2.75, 3.05) is 0 Å². The van der Waals surface area contributed by atoms with E-state index in [4.69, 9.17) is 58.0 Å². The van der Waals surface area contributed by atoms with E-state index in [1.807, 2.05) is 0 Å². The average molecular weight is 319 g/mol. The van der Waals surface area contributed by atoms with Crippen LogP contribution in [0.1, 0.15) is 0 Å². The van der Waals surface area contributed by atoms with Crippen LogP contribution in [-0.2, 0) is 4.79 Å². The van der Waals surface area contributed by atoms with Crippen molar-refractivity contribution < 1.29 is 4.79 Å². The Balaban J connectivity index is 1.94. The van der Waals surface area contributed by atoms with Gasteiger partial charge in [-0.15, -0.1) is 23.2 Å². The molecule has 0 aromatic rings. The van der Waals surface area contributed by atoms with Crippen molar-refractivity contribution in [3.63, 3.8) is 0 Å². The molecule has 7 heteroatoms. The topological polar surface area (TPSA) is 20.3 Å². The normalized spacial score (nSPS) is 75.7. The zero-order chi connectivity index (χ0) is 11.5. The van der Waals surface area contributed by atoms with Crippen molar-refractivity contribution >= 4 is 63.8 Å². The molecule has 0 aromatic heterocycles. The molecule has 0 spiro atoms. The lowest BCUT2D eigenvalue weighted by molar-refractivity contribution is -0.143. The molecule has 7 unspecified atom stereocenters. The van der Waals surface area contributed by atoms with Crippen molar-refractivity contribution in [2.24, 2.45) is 17.8 Å². The number of halogens is 5. The maximum atomic E-state index is 12.1. The number of hydrogen-bond acceptors (Lipinski definition) is 2. The van der Waals surface area contributed by atoms with E-state index in [1.165, 1.54) is 0 Å². The lowest BCUT2D eigenvalue weighted by atomic mass is 9.42. The van der Waals surface area contributed by atoms with Crippen LogP contribution in [-0.4, -0.2) is 35.9 Å². The van der Waals surface area contributed by atoms with Gasteiger partial charge in [0.2, 0.25) is 0 Å². The van der Waals surface area contributed by atoms with Gasteiger partial charge in [-0.25, -0.2) is 4.90 Å². The van der Waals surface area contributed by atoms with Crippen LogP contribution >= 0.6 is 58.0 Å². The minimum atomic E-state index is -1.33. The van der Waals surface area contributed by atoms with Gasteiger partial charge in [-0.05, 0) is 0 Å². The van der Waals surface area contributed by atoms with Crippen molar-refractivity contribution in [2.45, 2.75) is 25.2 Å². The van der Waals surface area contributed by atoms with Crippen molar-refractivity contribution in [3.8, 4) is 0 Å². The maximum absolute atomic E-state index is 12.1. The molecule has 6 fully saturated rings. The number of hydrogen-bond donors (Lipinski definition) is 0. The van der Waals surface area contributed by atoms with E-state index in [1.54, 1.807) is 4.90 Å². The minimum Gasteiger partial charge on any atom is -0.297 e. The van der Waals surface area contributed by atoms with Crippen molar-refractivity contribution in [3.05, 3.63) is 0 Å². The van der Waals surface area contributed by atoms with Gasteiger partial charge in [0.05, 0.1) is 12.0 Å². The first-order chi connectivity index (χ1) is 7.27. The summed E-state index contributed by atoms with van der Waals surface area (Å²) >= 11 is 32.3. The smallest absolute Gasteiger partial charge is 0.194 e. The second-order valence-electron chi connectivity index (χ2n) is 5.38. The van der Waals surface area contributed by atoms with Crippen LogP contribution in [0, 0.1) is 17.8 Å². The van der Waals surface area contributed by atoms with E-state index in [0.717, 1.165) is 0 Å². The lowest BCUT2D eigenvalue weighted by Crippen LogP contribution is -2.88. The number of rotatable bonds is 0. The highest BCUT2D eigenvalue weighted by Crippen LogP contribution is 2.96. The second kappa shape index (κ2) is 1.97. The summed E-state index contributed by atoms with van der Waals surface area (Å²) < 4.78 is -1.33. The summed E-state index contributed by atoms with van der Waals surface area (Å²) in [5, 5.41) is 0. The number of alkyl halides is 5. The summed E-state index contributed by atoms with van der Waals surface area (Å²) in [4.78, 5) is 11.0. The molecule has 16 heavy (non-hydrogen) atoms. The van der Waals surface area contributed by atoms with Crippen molar-refractivity contribution in [1.82, 2.24) is 4.90 Å². The molecule has 3 heterocycles. The van der Waals surface area contributed by atoms with Gasteiger partial charge in [-0.1, -0.05) is 34.8 Å². The lowest BCUT2D eigenvalue weighted by Gasteiger charge is -2.73. The first-order valence-electron chi connectivity index (χ1n) is 5.05. The van der Waals surface area contributed by atoms with Crippen LogP contribution in [0.2, 0.25) is 0 Å². The van der Waals surface area contributed by atoms with E-state index >= 15 is 0 Å². The van der Waals surface area contributed by atoms with Gasteiger partial charge >= 0.3 is 0 Å². The molecular weight excluding hydrogens is 315 g/mol. The van der Waals surface area contributed by atoms with Crippen LogP contribution in [0.4, 0.5) is 0 Å². The van der Waals surface area contributed by atoms with Gasteiger partial charge in [-0.2, -0.15) is 0 Å². The van der Waals surface area contributed by atoms with Crippen LogP contribution in [0.15, 0.2) is 0 Å². The van der Waals surface area contributed by atoms with E-state index in [-0.39, 0.29) is 29.6 Å². The number of Topliss-reactive ketones (excluding diaryl/α,β-unsaturated/α-hetero) is 1. The maximum Gasteiger partial charge on any atom is 0.194 e. The number of piperidine rings is 3. The molecule has 3 saturated carbocycles. The summed E-state index contributed by atoms with van der Waals surface area (Å²) in [6.07, 6.45) is 0. The first kappa shape index (κ1) is 9.94.